The number of rotatable bonds is 3. The largest absolute Gasteiger partial charge is 0.467 e. The lowest BCUT2D eigenvalue weighted by Crippen LogP contribution is -2.55. The summed E-state index contributed by atoms with van der Waals surface area (Å²) >= 11 is 0. The molecular formula is C16H24N2O2. The van der Waals surface area contributed by atoms with Crippen molar-refractivity contribution in [2.75, 3.05) is 0 Å². The fraction of sp³-hybridized carbons (Fsp3) is 0.688. The van der Waals surface area contributed by atoms with Gasteiger partial charge in [0, 0.05) is 6.04 Å². The SMILES string of the molecule is C[C@@H](NC(=O)C1CCC2CCCCC2N1)c1ccco1. The summed E-state index contributed by atoms with van der Waals surface area (Å²) < 4.78 is 5.33. The molecule has 0 aromatic carbocycles. The molecule has 2 aliphatic rings. The van der Waals surface area contributed by atoms with Crippen molar-refractivity contribution < 1.29 is 9.21 Å². The van der Waals surface area contributed by atoms with Crippen LogP contribution in [-0.4, -0.2) is 18.0 Å². The van der Waals surface area contributed by atoms with E-state index in [1.165, 1.54) is 32.1 Å². The first kappa shape index (κ1) is 13.7. The predicted octanol–water partition coefficient (Wildman–Crippen LogP) is 2.77. The Balaban J connectivity index is 1.55. The predicted molar refractivity (Wildman–Crippen MR) is 77.2 cm³/mol. The molecule has 2 fully saturated rings. The molecular weight excluding hydrogens is 252 g/mol. The van der Waals surface area contributed by atoms with Gasteiger partial charge in [0.1, 0.15) is 5.76 Å². The Kier molecular flexibility index (Phi) is 4.10. The molecule has 0 radical (unpaired) electrons. The Morgan fingerprint density at radius 1 is 1.35 bits per heavy atom. The summed E-state index contributed by atoms with van der Waals surface area (Å²) in [5, 5.41) is 6.62. The van der Waals surface area contributed by atoms with Crippen LogP contribution in [0.2, 0.25) is 0 Å². The van der Waals surface area contributed by atoms with E-state index in [-0.39, 0.29) is 18.0 Å². The average Bonchev–Trinajstić information content (AvgIpc) is 3.01. The van der Waals surface area contributed by atoms with Gasteiger partial charge in [-0.3, -0.25) is 4.79 Å². The number of amides is 1. The van der Waals surface area contributed by atoms with E-state index in [0.717, 1.165) is 18.1 Å². The lowest BCUT2D eigenvalue weighted by molar-refractivity contribution is -0.125. The van der Waals surface area contributed by atoms with Crippen molar-refractivity contribution in [3.05, 3.63) is 24.2 Å². The number of furan rings is 1. The molecule has 2 heterocycles. The Hall–Kier alpha value is -1.29. The van der Waals surface area contributed by atoms with E-state index in [1.807, 2.05) is 19.1 Å². The molecule has 0 bridgehead atoms. The number of carbonyl (C=O) groups is 1. The van der Waals surface area contributed by atoms with E-state index < -0.39 is 0 Å². The number of fused-ring (bicyclic) bond motifs is 1. The molecule has 1 aliphatic carbocycles. The molecule has 3 rings (SSSR count). The van der Waals surface area contributed by atoms with Crippen LogP contribution in [0, 0.1) is 5.92 Å². The zero-order chi connectivity index (χ0) is 13.9. The standard InChI is InChI=1S/C16H24N2O2/c1-11(15-7-4-10-20-15)17-16(19)14-9-8-12-5-2-3-6-13(12)18-14/h4,7,10-14,18H,2-3,5-6,8-9H2,1H3,(H,17,19)/t11-,12?,13?,14?/m1/s1. The molecule has 2 N–H and O–H groups in total. The molecule has 4 nitrogen and oxygen atoms in total. The summed E-state index contributed by atoms with van der Waals surface area (Å²) in [5.74, 6) is 1.71. The van der Waals surface area contributed by atoms with Gasteiger partial charge in [0.15, 0.2) is 0 Å². The molecule has 1 amide bonds. The second-order valence-corrected chi connectivity index (χ2v) is 6.19. The summed E-state index contributed by atoms with van der Waals surface area (Å²) in [6, 6.07) is 4.20. The Morgan fingerprint density at radius 3 is 3.00 bits per heavy atom. The molecule has 3 unspecified atom stereocenters. The quantitative estimate of drug-likeness (QED) is 0.892. The third kappa shape index (κ3) is 2.90. The van der Waals surface area contributed by atoms with E-state index in [1.54, 1.807) is 6.26 Å². The first-order valence-corrected chi connectivity index (χ1v) is 7.84. The average molecular weight is 276 g/mol. The van der Waals surface area contributed by atoms with Crippen molar-refractivity contribution >= 4 is 5.91 Å². The van der Waals surface area contributed by atoms with Crippen LogP contribution in [-0.2, 0) is 4.79 Å². The smallest absolute Gasteiger partial charge is 0.237 e. The minimum Gasteiger partial charge on any atom is -0.467 e. The van der Waals surface area contributed by atoms with E-state index in [2.05, 4.69) is 10.6 Å². The van der Waals surface area contributed by atoms with Crippen molar-refractivity contribution in [2.45, 2.75) is 63.6 Å². The highest BCUT2D eigenvalue weighted by atomic mass is 16.3. The summed E-state index contributed by atoms with van der Waals surface area (Å²) in [7, 11) is 0. The monoisotopic (exact) mass is 276 g/mol. The molecule has 1 aliphatic heterocycles. The van der Waals surface area contributed by atoms with Crippen LogP contribution in [0.1, 0.15) is 57.3 Å². The molecule has 0 spiro atoms. The second kappa shape index (κ2) is 6.00. The molecule has 1 aromatic rings. The van der Waals surface area contributed by atoms with Gasteiger partial charge in [0.05, 0.1) is 18.3 Å². The van der Waals surface area contributed by atoms with E-state index in [4.69, 9.17) is 4.42 Å². The minimum atomic E-state index is -0.0663. The normalized spacial score (nSPS) is 31.4. The number of hydrogen-bond acceptors (Lipinski definition) is 3. The van der Waals surface area contributed by atoms with E-state index in [9.17, 15) is 4.79 Å². The maximum atomic E-state index is 12.4. The number of carbonyl (C=O) groups excluding carboxylic acids is 1. The number of nitrogens with one attached hydrogen (secondary N) is 2. The van der Waals surface area contributed by atoms with Crippen molar-refractivity contribution in [3.63, 3.8) is 0 Å². The van der Waals surface area contributed by atoms with Gasteiger partial charge in [-0.25, -0.2) is 0 Å². The lowest BCUT2D eigenvalue weighted by Gasteiger charge is -2.40. The Bertz CT molecular complexity index is 443. The van der Waals surface area contributed by atoms with Gasteiger partial charge in [0.2, 0.25) is 5.91 Å². The van der Waals surface area contributed by atoms with Crippen LogP contribution in [0.15, 0.2) is 22.8 Å². The molecule has 110 valence electrons. The van der Waals surface area contributed by atoms with Crippen molar-refractivity contribution in [2.24, 2.45) is 5.92 Å². The third-order valence-corrected chi connectivity index (χ3v) is 4.80. The van der Waals surface area contributed by atoms with Crippen LogP contribution in [0.5, 0.6) is 0 Å². The third-order valence-electron chi connectivity index (χ3n) is 4.80. The summed E-state index contributed by atoms with van der Waals surface area (Å²) in [6.07, 6.45) is 8.99. The highest BCUT2D eigenvalue weighted by molar-refractivity contribution is 5.82. The fourth-order valence-electron chi connectivity index (χ4n) is 3.62. The van der Waals surface area contributed by atoms with E-state index in [0.29, 0.717) is 6.04 Å². The van der Waals surface area contributed by atoms with Crippen molar-refractivity contribution in [1.82, 2.24) is 10.6 Å². The Labute approximate surface area is 120 Å². The summed E-state index contributed by atoms with van der Waals surface area (Å²) in [4.78, 5) is 12.4. The van der Waals surface area contributed by atoms with Gasteiger partial charge in [-0.1, -0.05) is 12.8 Å². The number of piperidine rings is 1. The van der Waals surface area contributed by atoms with Crippen LogP contribution in [0.3, 0.4) is 0 Å². The Morgan fingerprint density at radius 2 is 2.20 bits per heavy atom. The van der Waals surface area contributed by atoms with Crippen LogP contribution in [0.4, 0.5) is 0 Å². The van der Waals surface area contributed by atoms with Crippen LogP contribution in [0.25, 0.3) is 0 Å². The van der Waals surface area contributed by atoms with Crippen LogP contribution >= 0.6 is 0 Å². The molecule has 20 heavy (non-hydrogen) atoms. The zero-order valence-electron chi connectivity index (χ0n) is 12.1. The second-order valence-electron chi connectivity index (χ2n) is 6.19. The summed E-state index contributed by atoms with van der Waals surface area (Å²) in [5.41, 5.74) is 0. The van der Waals surface area contributed by atoms with Crippen molar-refractivity contribution in [1.29, 1.82) is 0 Å². The maximum absolute atomic E-state index is 12.4. The van der Waals surface area contributed by atoms with Gasteiger partial charge in [-0.2, -0.15) is 0 Å². The van der Waals surface area contributed by atoms with Crippen LogP contribution < -0.4 is 10.6 Å². The first-order chi connectivity index (χ1) is 9.74. The van der Waals surface area contributed by atoms with Gasteiger partial charge in [-0.05, 0) is 50.7 Å². The minimum absolute atomic E-state index is 0.0354. The van der Waals surface area contributed by atoms with Gasteiger partial charge >= 0.3 is 0 Å². The molecule has 4 heteroatoms. The molecule has 1 saturated heterocycles. The highest BCUT2D eigenvalue weighted by Crippen LogP contribution is 2.32. The maximum Gasteiger partial charge on any atom is 0.237 e. The summed E-state index contributed by atoms with van der Waals surface area (Å²) in [6.45, 7) is 1.96. The van der Waals surface area contributed by atoms with Gasteiger partial charge in [-0.15, -0.1) is 0 Å². The zero-order valence-corrected chi connectivity index (χ0v) is 12.1. The molecule has 4 atom stereocenters. The number of hydrogen-bond donors (Lipinski definition) is 2. The van der Waals surface area contributed by atoms with Gasteiger partial charge in [0.25, 0.3) is 0 Å². The lowest BCUT2D eigenvalue weighted by atomic mass is 9.77. The topological polar surface area (TPSA) is 54.3 Å². The molecule has 1 saturated carbocycles. The van der Waals surface area contributed by atoms with E-state index >= 15 is 0 Å². The first-order valence-electron chi connectivity index (χ1n) is 7.84. The highest BCUT2D eigenvalue weighted by Gasteiger charge is 2.34. The fourth-order valence-corrected chi connectivity index (χ4v) is 3.62. The molecule has 1 aromatic heterocycles. The van der Waals surface area contributed by atoms with Crippen molar-refractivity contribution in [3.8, 4) is 0 Å². The van der Waals surface area contributed by atoms with Gasteiger partial charge < -0.3 is 15.1 Å².